The Labute approximate surface area is 107 Å². The Morgan fingerprint density at radius 3 is 2.71 bits per heavy atom. The third-order valence-corrected chi connectivity index (χ3v) is 3.44. The summed E-state index contributed by atoms with van der Waals surface area (Å²) in [5.74, 6) is 0.381. The molecular weight excluding hydrogens is 237 g/mol. The van der Waals surface area contributed by atoms with E-state index >= 15 is 0 Å². The molecule has 0 radical (unpaired) electrons. The van der Waals surface area contributed by atoms with Gasteiger partial charge in [-0.25, -0.2) is 4.39 Å². The molecule has 0 unspecified atom stereocenters. The molecule has 0 aromatic carbocycles. The first-order valence-corrected chi connectivity index (χ1v) is 6.45. The van der Waals surface area contributed by atoms with Crippen LogP contribution < -0.4 is 5.32 Å². The normalized spacial score (nSPS) is 33.4. The number of rotatable bonds is 2. The standard InChI is InChI=1S/C14H17ClFN/c15-13-4-2-1-3-12(14(16)10-13)9-11-5-7-17-8-6-11/h1-4,10-11,17H,5-9H2/b2-1+,3-1?,4-2?,12-3+,13-4+,13-10?,14-10+,14-12?. The Hall–Kier alpha value is -0.860. The first kappa shape index (κ1) is 12.6. The minimum atomic E-state index is -0.200. The molecule has 17 heavy (non-hydrogen) atoms. The van der Waals surface area contributed by atoms with Gasteiger partial charge in [0, 0.05) is 5.03 Å². The molecule has 3 heteroatoms. The highest BCUT2D eigenvalue weighted by molar-refractivity contribution is 6.31. The molecular formula is C14H17ClFN. The zero-order valence-corrected chi connectivity index (χ0v) is 10.5. The summed E-state index contributed by atoms with van der Waals surface area (Å²) in [5.41, 5.74) is 0.763. The second-order valence-corrected chi connectivity index (χ2v) is 4.95. The molecule has 0 atom stereocenters. The molecule has 0 aromatic rings. The summed E-state index contributed by atoms with van der Waals surface area (Å²) in [6.07, 6.45) is 11.7. The molecule has 2 aliphatic rings. The highest BCUT2D eigenvalue weighted by atomic mass is 35.5. The summed E-state index contributed by atoms with van der Waals surface area (Å²) < 4.78 is 13.9. The summed E-state index contributed by atoms with van der Waals surface area (Å²) in [5, 5.41) is 3.76. The zero-order valence-electron chi connectivity index (χ0n) is 9.76. The first-order valence-electron chi connectivity index (χ1n) is 6.07. The second kappa shape index (κ2) is 6.18. The van der Waals surface area contributed by atoms with E-state index in [1.807, 2.05) is 18.2 Å². The van der Waals surface area contributed by atoms with Crippen LogP contribution in [0.2, 0.25) is 0 Å². The summed E-state index contributed by atoms with van der Waals surface area (Å²) in [7, 11) is 0. The predicted molar refractivity (Wildman–Crippen MR) is 70.6 cm³/mol. The van der Waals surface area contributed by atoms with Crippen molar-refractivity contribution >= 4 is 11.6 Å². The first-order chi connectivity index (χ1) is 8.25. The molecule has 0 spiro atoms. The molecule has 0 saturated carbocycles. The molecule has 1 nitrogen and oxygen atoms in total. The average molecular weight is 254 g/mol. The fraction of sp³-hybridized carbons (Fsp3) is 0.429. The Morgan fingerprint density at radius 1 is 1.24 bits per heavy atom. The van der Waals surface area contributed by atoms with Crippen LogP contribution in [0.25, 0.3) is 0 Å². The van der Waals surface area contributed by atoms with Crippen LogP contribution in [-0.2, 0) is 0 Å². The van der Waals surface area contributed by atoms with Crippen molar-refractivity contribution in [3.8, 4) is 0 Å². The fourth-order valence-electron chi connectivity index (χ4n) is 2.22. The second-order valence-electron chi connectivity index (χ2n) is 4.52. The molecule has 1 aliphatic heterocycles. The minimum absolute atomic E-state index is 0.200. The molecule has 0 aromatic heterocycles. The van der Waals surface area contributed by atoms with E-state index < -0.39 is 0 Å². The third kappa shape index (κ3) is 3.83. The lowest BCUT2D eigenvalue weighted by molar-refractivity contribution is 0.369. The molecule has 92 valence electrons. The van der Waals surface area contributed by atoms with E-state index in [9.17, 15) is 4.39 Å². The van der Waals surface area contributed by atoms with Crippen LogP contribution in [0.15, 0.2) is 46.8 Å². The van der Waals surface area contributed by atoms with Gasteiger partial charge in [-0.05, 0) is 56.0 Å². The Morgan fingerprint density at radius 2 is 1.94 bits per heavy atom. The number of hydrogen-bond acceptors (Lipinski definition) is 1. The van der Waals surface area contributed by atoms with Crippen LogP contribution in [0.4, 0.5) is 4.39 Å². The van der Waals surface area contributed by atoms with Crippen molar-refractivity contribution in [1.82, 2.24) is 5.32 Å². The van der Waals surface area contributed by atoms with Gasteiger partial charge in [-0.15, -0.1) is 0 Å². The van der Waals surface area contributed by atoms with Gasteiger partial charge in [-0.3, -0.25) is 0 Å². The van der Waals surface area contributed by atoms with Gasteiger partial charge >= 0.3 is 0 Å². The van der Waals surface area contributed by atoms with Gasteiger partial charge in [0.25, 0.3) is 0 Å². The molecule has 2 rings (SSSR count). The van der Waals surface area contributed by atoms with E-state index in [4.69, 9.17) is 11.6 Å². The summed E-state index contributed by atoms with van der Waals surface area (Å²) in [6, 6.07) is 0. The molecule has 1 aliphatic carbocycles. The predicted octanol–water partition coefficient (Wildman–Crippen LogP) is 3.85. The molecule has 1 fully saturated rings. The number of nitrogens with one attached hydrogen (secondary N) is 1. The van der Waals surface area contributed by atoms with Crippen LogP contribution in [0.5, 0.6) is 0 Å². The highest BCUT2D eigenvalue weighted by Gasteiger charge is 2.16. The van der Waals surface area contributed by atoms with Crippen LogP contribution in [0, 0.1) is 5.92 Å². The number of hydrogen-bond donors (Lipinski definition) is 1. The monoisotopic (exact) mass is 253 g/mol. The molecule has 1 saturated heterocycles. The third-order valence-electron chi connectivity index (χ3n) is 3.20. The summed E-state index contributed by atoms with van der Waals surface area (Å²) in [4.78, 5) is 0. The topological polar surface area (TPSA) is 12.0 Å². The van der Waals surface area contributed by atoms with Gasteiger partial charge in [0.2, 0.25) is 0 Å². The van der Waals surface area contributed by atoms with Crippen LogP contribution in [0.3, 0.4) is 0 Å². The van der Waals surface area contributed by atoms with Crippen molar-refractivity contribution in [1.29, 1.82) is 0 Å². The zero-order chi connectivity index (χ0) is 12.1. The van der Waals surface area contributed by atoms with Crippen molar-refractivity contribution in [3.05, 3.63) is 46.8 Å². The van der Waals surface area contributed by atoms with Crippen LogP contribution in [0.1, 0.15) is 19.3 Å². The number of allylic oxidation sites excluding steroid dienone is 8. The van der Waals surface area contributed by atoms with Crippen molar-refractivity contribution in [3.63, 3.8) is 0 Å². The lowest BCUT2D eigenvalue weighted by Gasteiger charge is -2.23. The van der Waals surface area contributed by atoms with E-state index in [2.05, 4.69) is 5.32 Å². The molecule has 1 N–H and O–H groups in total. The minimum Gasteiger partial charge on any atom is -0.317 e. The van der Waals surface area contributed by atoms with E-state index in [0.717, 1.165) is 37.9 Å². The van der Waals surface area contributed by atoms with Crippen LogP contribution >= 0.6 is 11.6 Å². The summed E-state index contributed by atoms with van der Waals surface area (Å²) in [6.45, 7) is 2.08. The smallest absolute Gasteiger partial charge is 0.127 e. The van der Waals surface area contributed by atoms with Gasteiger partial charge in [-0.2, -0.15) is 0 Å². The average Bonchev–Trinajstić information content (AvgIpc) is 2.32. The van der Waals surface area contributed by atoms with Gasteiger partial charge in [0.1, 0.15) is 5.83 Å². The maximum atomic E-state index is 13.9. The lowest BCUT2D eigenvalue weighted by Crippen LogP contribution is -2.27. The van der Waals surface area contributed by atoms with E-state index in [1.165, 1.54) is 6.08 Å². The SMILES string of the molecule is FC1=C/C(Cl)=C\C=C\C=C\1CC1CCNCC1. The van der Waals surface area contributed by atoms with Gasteiger partial charge in [-0.1, -0.05) is 29.8 Å². The van der Waals surface area contributed by atoms with Crippen LogP contribution in [-0.4, -0.2) is 13.1 Å². The van der Waals surface area contributed by atoms with E-state index in [1.54, 1.807) is 6.08 Å². The quantitative estimate of drug-likeness (QED) is 0.788. The Balaban J connectivity index is 2.05. The lowest BCUT2D eigenvalue weighted by atomic mass is 9.90. The van der Waals surface area contributed by atoms with Gasteiger partial charge < -0.3 is 5.32 Å². The maximum Gasteiger partial charge on any atom is 0.127 e. The van der Waals surface area contributed by atoms with E-state index in [0.29, 0.717) is 11.0 Å². The van der Waals surface area contributed by atoms with E-state index in [-0.39, 0.29) is 5.83 Å². The summed E-state index contributed by atoms with van der Waals surface area (Å²) >= 11 is 5.85. The Bertz CT molecular complexity index is 387. The van der Waals surface area contributed by atoms with Crippen molar-refractivity contribution in [2.45, 2.75) is 19.3 Å². The van der Waals surface area contributed by atoms with Crippen molar-refractivity contribution < 1.29 is 4.39 Å². The fourth-order valence-corrected chi connectivity index (χ4v) is 2.39. The largest absolute Gasteiger partial charge is 0.317 e. The maximum absolute atomic E-state index is 13.9. The molecule has 1 heterocycles. The molecule has 0 amide bonds. The highest BCUT2D eigenvalue weighted by Crippen LogP contribution is 2.28. The van der Waals surface area contributed by atoms with Crippen molar-refractivity contribution in [2.75, 3.05) is 13.1 Å². The number of piperidine rings is 1. The number of halogens is 2. The molecule has 0 bridgehead atoms. The Kier molecular flexibility index (Phi) is 4.57. The van der Waals surface area contributed by atoms with Gasteiger partial charge in [0.05, 0.1) is 0 Å². The van der Waals surface area contributed by atoms with Crippen molar-refractivity contribution in [2.24, 2.45) is 5.92 Å². The van der Waals surface area contributed by atoms with Gasteiger partial charge in [0.15, 0.2) is 0 Å².